The van der Waals surface area contributed by atoms with Crippen molar-refractivity contribution in [3.05, 3.63) is 65.7 Å². The highest BCUT2D eigenvalue weighted by molar-refractivity contribution is 6.00. The highest BCUT2D eigenvalue weighted by atomic mass is 16.5. The SMILES string of the molecule is COc1ccccc1/C=C/C(=O)OCC(=O)c1ccc(NC(=O)C(C)(C)C)cc1. The zero-order valence-electron chi connectivity index (χ0n) is 17.0. The molecule has 0 bridgehead atoms. The second-order valence-electron chi connectivity index (χ2n) is 7.39. The Morgan fingerprint density at radius 2 is 1.66 bits per heavy atom. The molecule has 0 fully saturated rings. The van der Waals surface area contributed by atoms with E-state index in [1.165, 1.54) is 6.08 Å². The van der Waals surface area contributed by atoms with Crippen molar-refractivity contribution < 1.29 is 23.9 Å². The van der Waals surface area contributed by atoms with Crippen LogP contribution in [0.1, 0.15) is 36.7 Å². The Bertz CT molecular complexity index is 908. The number of nitrogens with one attached hydrogen (secondary N) is 1. The second kappa shape index (κ2) is 9.68. The molecule has 2 rings (SSSR count). The van der Waals surface area contributed by atoms with Crippen molar-refractivity contribution in [1.82, 2.24) is 0 Å². The molecule has 2 aromatic carbocycles. The van der Waals surface area contributed by atoms with E-state index in [0.717, 1.165) is 5.56 Å². The highest BCUT2D eigenvalue weighted by Crippen LogP contribution is 2.19. The number of methoxy groups -OCH3 is 1. The van der Waals surface area contributed by atoms with Crippen LogP contribution in [0.2, 0.25) is 0 Å². The molecule has 1 N–H and O–H groups in total. The number of hydrogen-bond donors (Lipinski definition) is 1. The first-order valence-electron chi connectivity index (χ1n) is 9.13. The number of anilines is 1. The van der Waals surface area contributed by atoms with Gasteiger partial charge in [0.05, 0.1) is 7.11 Å². The van der Waals surface area contributed by atoms with Gasteiger partial charge >= 0.3 is 5.97 Å². The van der Waals surface area contributed by atoms with Gasteiger partial charge in [-0.05, 0) is 36.4 Å². The lowest BCUT2D eigenvalue weighted by Gasteiger charge is -2.17. The molecule has 0 aromatic heterocycles. The van der Waals surface area contributed by atoms with Crippen LogP contribution in [0.4, 0.5) is 5.69 Å². The molecule has 0 spiro atoms. The molecule has 6 nitrogen and oxygen atoms in total. The Morgan fingerprint density at radius 3 is 2.28 bits per heavy atom. The van der Waals surface area contributed by atoms with E-state index in [-0.39, 0.29) is 18.3 Å². The normalized spacial score (nSPS) is 11.2. The number of carbonyl (C=O) groups is 3. The van der Waals surface area contributed by atoms with Gasteiger partial charge in [0.25, 0.3) is 0 Å². The number of carbonyl (C=O) groups excluding carboxylic acids is 3. The Hall–Kier alpha value is -3.41. The van der Waals surface area contributed by atoms with Crippen LogP contribution in [0.3, 0.4) is 0 Å². The van der Waals surface area contributed by atoms with Crippen molar-refractivity contribution in [1.29, 1.82) is 0 Å². The zero-order valence-corrected chi connectivity index (χ0v) is 17.0. The third-order valence-corrected chi connectivity index (χ3v) is 4.03. The lowest BCUT2D eigenvalue weighted by atomic mass is 9.95. The molecular formula is C23H25NO5. The maximum absolute atomic E-state index is 12.2. The Labute approximate surface area is 170 Å². The molecule has 0 saturated heterocycles. The smallest absolute Gasteiger partial charge is 0.331 e. The first-order chi connectivity index (χ1) is 13.7. The third kappa shape index (κ3) is 6.60. The van der Waals surface area contributed by atoms with Gasteiger partial charge in [-0.1, -0.05) is 39.0 Å². The van der Waals surface area contributed by atoms with Gasteiger partial charge in [-0.15, -0.1) is 0 Å². The molecule has 0 unspecified atom stereocenters. The van der Waals surface area contributed by atoms with Gasteiger partial charge in [0.15, 0.2) is 12.4 Å². The summed E-state index contributed by atoms with van der Waals surface area (Å²) in [4.78, 5) is 36.1. The van der Waals surface area contributed by atoms with Crippen LogP contribution < -0.4 is 10.1 Å². The van der Waals surface area contributed by atoms with E-state index in [4.69, 9.17) is 9.47 Å². The number of amides is 1. The van der Waals surface area contributed by atoms with E-state index in [0.29, 0.717) is 17.0 Å². The van der Waals surface area contributed by atoms with Crippen LogP contribution in [0.5, 0.6) is 5.75 Å². The molecule has 0 aliphatic carbocycles. The summed E-state index contributed by atoms with van der Waals surface area (Å²) in [6, 6.07) is 13.7. The molecule has 6 heteroatoms. The van der Waals surface area contributed by atoms with Crippen molar-refractivity contribution in [2.24, 2.45) is 5.41 Å². The van der Waals surface area contributed by atoms with Gasteiger partial charge in [0.1, 0.15) is 5.75 Å². The number of ether oxygens (including phenoxy) is 2. The Morgan fingerprint density at radius 1 is 1.00 bits per heavy atom. The standard InChI is InChI=1S/C23H25NO5/c1-23(2,3)22(27)24-18-12-9-16(10-13-18)19(25)15-29-21(26)14-11-17-7-5-6-8-20(17)28-4/h5-14H,15H2,1-4H3,(H,24,27)/b14-11+. The molecule has 0 radical (unpaired) electrons. The summed E-state index contributed by atoms with van der Waals surface area (Å²) < 4.78 is 10.2. The molecule has 29 heavy (non-hydrogen) atoms. The van der Waals surface area contributed by atoms with E-state index in [9.17, 15) is 14.4 Å². The third-order valence-electron chi connectivity index (χ3n) is 4.03. The van der Waals surface area contributed by atoms with Crippen LogP contribution in [-0.2, 0) is 14.3 Å². The number of ketones is 1. The minimum atomic E-state index is -0.627. The summed E-state index contributed by atoms with van der Waals surface area (Å²) in [5.74, 6) is -0.449. The average Bonchev–Trinajstić information content (AvgIpc) is 2.70. The van der Waals surface area contributed by atoms with E-state index >= 15 is 0 Å². The van der Waals surface area contributed by atoms with Crippen molar-refractivity contribution in [3.8, 4) is 5.75 Å². The fourth-order valence-electron chi connectivity index (χ4n) is 2.29. The highest BCUT2D eigenvalue weighted by Gasteiger charge is 2.21. The number of benzene rings is 2. The first kappa shape index (κ1) is 21.9. The number of Topliss-reactive ketones (excluding diaryl/α,β-unsaturated/α-hetero) is 1. The van der Waals surface area contributed by atoms with Gasteiger partial charge in [0.2, 0.25) is 5.91 Å². The van der Waals surface area contributed by atoms with E-state index in [1.54, 1.807) is 49.6 Å². The largest absolute Gasteiger partial charge is 0.496 e. The Balaban J connectivity index is 1.89. The Kier molecular flexibility index (Phi) is 7.31. The summed E-state index contributed by atoms with van der Waals surface area (Å²) in [7, 11) is 1.55. The molecule has 0 aliphatic rings. The fourth-order valence-corrected chi connectivity index (χ4v) is 2.29. The first-order valence-corrected chi connectivity index (χ1v) is 9.13. The molecular weight excluding hydrogens is 370 g/mol. The fraction of sp³-hybridized carbons (Fsp3) is 0.261. The van der Waals surface area contributed by atoms with Gasteiger partial charge in [0, 0.05) is 28.3 Å². The van der Waals surface area contributed by atoms with Crippen LogP contribution in [-0.4, -0.2) is 31.4 Å². The topological polar surface area (TPSA) is 81.7 Å². The monoisotopic (exact) mass is 395 g/mol. The molecule has 2 aromatic rings. The number of rotatable bonds is 7. The van der Waals surface area contributed by atoms with Crippen LogP contribution in [0, 0.1) is 5.41 Å². The van der Waals surface area contributed by atoms with Gasteiger partial charge in [-0.2, -0.15) is 0 Å². The molecule has 1 amide bonds. The number of esters is 1. The number of hydrogen-bond acceptors (Lipinski definition) is 5. The van der Waals surface area contributed by atoms with Gasteiger partial charge < -0.3 is 14.8 Å². The van der Waals surface area contributed by atoms with Crippen molar-refractivity contribution in [2.45, 2.75) is 20.8 Å². The molecule has 152 valence electrons. The van der Waals surface area contributed by atoms with E-state index in [1.807, 2.05) is 32.9 Å². The summed E-state index contributed by atoms with van der Waals surface area (Å²) in [6.45, 7) is 5.08. The molecule has 0 atom stereocenters. The van der Waals surface area contributed by atoms with Crippen molar-refractivity contribution in [2.75, 3.05) is 19.0 Å². The predicted octanol–water partition coefficient (Wildman–Crippen LogP) is 4.12. The predicted molar refractivity (Wildman–Crippen MR) is 112 cm³/mol. The average molecular weight is 395 g/mol. The lowest BCUT2D eigenvalue weighted by Crippen LogP contribution is -2.27. The number of para-hydroxylation sites is 1. The minimum Gasteiger partial charge on any atom is -0.496 e. The van der Waals surface area contributed by atoms with E-state index in [2.05, 4.69) is 5.32 Å². The summed E-state index contributed by atoms with van der Waals surface area (Å²) in [5.41, 5.74) is 1.20. The molecule has 0 heterocycles. The quantitative estimate of drug-likeness (QED) is 0.433. The lowest BCUT2D eigenvalue weighted by molar-refractivity contribution is -0.136. The van der Waals surface area contributed by atoms with Crippen LogP contribution in [0.15, 0.2) is 54.6 Å². The van der Waals surface area contributed by atoms with Gasteiger partial charge in [-0.3, -0.25) is 9.59 Å². The minimum absolute atomic E-state index is 0.118. The summed E-state index contributed by atoms with van der Waals surface area (Å²) >= 11 is 0. The summed E-state index contributed by atoms with van der Waals surface area (Å²) in [6.07, 6.45) is 2.81. The van der Waals surface area contributed by atoms with Gasteiger partial charge in [-0.25, -0.2) is 4.79 Å². The zero-order chi connectivity index (χ0) is 21.4. The second-order valence-corrected chi connectivity index (χ2v) is 7.39. The summed E-state index contributed by atoms with van der Waals surface area (Å²) in [5, 5.41) is 2.78. The maximum atomic E-state index is 12.2. The van der Waals surface area contributed by atoms with E-state index < -0.39 is 11.4 Å². The van der Waals surface area contributed by atoms with Crippen molar-refractivity contribution in [3.63, 3.8) is 0 Å². The van der Waals surface area contributed by atoms with Crippen LogP contribution >= 0.6 is 0 Å². The van der Waals surface area contributed by atoms with Crippen molar-refractivity contribution >= 4 is 29.4 Å². The maximum Gasteiger partial charge on any atom is 0.331 e. The molecule has 0 saturated carbocycles. The molecule has 0 aliphatic heterocycles. The van der Waals surface area contributed by atoms with Crippen LogP contribution in [0.25, 0.3) is 6.08 Å².